The molecule has 152 valence electrons. The van der Waals surface area contributed by atoms with Crippen molar-refractivity contribution in [1.82, 2.24) is 10.2 Å². The molecule has 2 aromatic rings. The normalized spacial score (nSPS) is 15.0. The van der Waals surface area contributed by atoms with Crippen LogP contribution in [0.5, 0.6) is 5.75 Å². The van der Waals surface area contributed by atoms with Gasteiger partial charge >= 0.3 is 0 Å². The summed E-state index contributed by atoms with van der Waals surface area (Å²) in [6, 6.07) is 12.1. The van der Waals surface area contributed by atoms with Gasteiger partial charge in [0.1, 0.15) is 11.5 Å². The number of rotatable bonds is 8. The number of benzene rings is 1. The molecule has 0 atom stereocenters. The van der Waals surface area contributed by atoms with E-state index in [1.807, 2.05) is 24.3 Å². The summed E-state index contributed by atoms with van der Waals surface area (Å²) >= 11 is 0. The Morgan fingerprint density at radius 1 is 1.14 bits per heavy atom. The van der Waals surface area contributed by atoms with Gasteiger partial charge in [0.05, 0.1) is 26.5 Å². The molecule has 1 N–H and O–H groups in total. The molecule has 0 spiro atoms. The van der Waals surface area contributed by atoms with Crippen LogP contribution >= 0.6 is 0 Å². The maximum absolute atomic E-state index is 5.41. The molecule has 1 aromatic carbocycles. The van der Waals surface area contributed by atoms with Crippen LogP contribution in [-0.4, -0.2) is 71.0 Å². The van der Waals surface area contributed by atoms with Crippen LogP contribution in [0, 0.1) is 0 Å². The molecule has 0 aliphatic carbocycles. The van der Waals surface area contributed by atoms with Crippen molar-refractivity contribution in [2.24, 2.45) is 4.99 Å². The summed E-state index contributed by atoms with van der Waals surface area (Å²) in [5, 5.41) is 3.48. The van der Waals surface area contributed by atoms with Gasteiger partial charge in [0.15, 0.2) is 5.96 Å². The van der Waals surface area contributed by atoms with Gasteiger partial charge in [0, 0.05) is 58.0 Å². The highest BCUT2D eigenvalue weighted by Gasteiger charge is 2.20. The van der Waals surface area contributed by atoms with E-state index in [-0.39, 0.29) is 0 Å². The van der Waals surface area contributed by atoms with Crippen molar-refractivity contribution in [3.63, 3.8) is 0 Å². The number of nitrogens with one attached hydrogen (secondary N) is 1. The molecule has 7 heteroatoms. The molecule has 7 nitrogen and oxygen atoms in total. The van der Waals surface area contributed by atoms with Crippen LogP contribution < -0.4 is 15.0 Å². The summed E-state index contributed by atoms with van der Waals surface area (Å²) in [6.45, 7) is 5.76. The van der Waals surface area contributed by atoms with Crippen molar-refractivity contribution in [1.29, 1.82) is 0 Å². The second-order valence-corrected chi connectivity index (χ2v) is 6.63. The van der Waals surface area contributed by atoms with Gasteiger partial charge in [-0.05, 0) is 24.3 Å². The molecule has 0 saturated carbocycles. The van der Waals surface area contributed by atoms with Crippen molar-refractivity contribution >= 4 is 11.6 Å². The molecule has 28 heavy (non-hydrogen) atoms. The summed E-state index contributed by atoms with van der Waals surface area (Å²) in [5.74, 6) is 2.81. The monoisotopic (exact) mass is 386 g/mol. The Balaban J connectivity index is 1.55. The number of hydrogen-bond acceptors (Lipinski definition) is 5. The zero-order valence-electron chi connectivity index (χ0n) is 16.8. The van der Waals surface area contributed by atoms with Crippen molar-refractivity contribution in [2.45, 2.75) is 6.42 Å². The van der Waals surface area contributed by atoms with Gasteiger partial charge in [-0.2, -0.15) is 0 Å². The Hall–Kier alpha value is -2.67. The molecule has 1 aromatic heterocycles. The topological polar surface area (TPSA) is 62.5 Å². The minimum atomic E-state index is 0.618. The number of aliphatic imine (C=N–C) groups is 1. The number of nitrogens with zero attached hydrogens (tertiary/aromatic N) is 3. The molecular weight excluding hydrogens is 356 g/mol. The first kappa shape index (κ1) is 20.1. The zero-order chi connectivity index (χ0) is 19.6. The lowest BCUT2D eigenvalue weighted by molar-refractivity contribution is 0.207. The minimum absolute atomic E-state index is 0.618. The van der Waals surface area contributed by atoms with Crippen LogP contribution in [0.2, 0.25) is 0 Å². The van der Waals surface area contributed by atoms with Crippen molar-refractivity contribution < 1.29 is 13.9 Å². The highest BCUT2D eigenvalue weighted by Crippen LogP contribution is 2.22. The Kier molecular flexibility index (Phi) is 7.61. The predicted molar refractivity (Wildman–Crippen MR) is 111 cm³/mol. The van der Waals surface area contributed by atoms with Gasteiger partial charge in [-0.1, -0.05) is 6.07 Å². The second-order valence-electron chi connectivity index (χ2n) is 6.63. The van der Waals surface area contributed by atoms with Gasteiger partial charge in [0.2, 0.25) is 0 Å². The fourth-order valence-electron chi connectivity index (χ4n) is 3.25. The smallest absolute Gasteiger partial charge is 0.194 e. The number of anilines is 1. The van der Waals surface area contributed by atoms with E-state index in [0.717, 1.165) is 56.6 Å². The first-order valence-corrected chi connectivity index (χ1v) is 9.73. The lowest BCUT2D eigenvalue weighted by Crippen LogP contribution is -2.53. The summed E-state index contributed by atoms with van der Waals surface area (Å²) in [4.78, 5) is 9.42. The molecule has 0 radical (unpaired) electrons. The molecule has 1 aliphatic heterocycles. The lowest BCUT2D eigenvalue weighted by Gasteiger charge is -2.37. The van der Waals surface area contributed by atoms with Crippen LogP contribution in [0.15, 0.2) is 52.1 Å². The quantitative estimate of drug-likeness (QED) is 0.427. The Morgan fingerprint density at radius 3 is 2.71 bits per heavy atom. The third kappa shape index (κ3) is 5.66. The van der Waals surface area contributed by atoms with E-state index < -0.39 is 0 Å². The summed E-state index contributed by atoms with van der Waals surface area (Å²) in [7, 11) is 3.40. The average molecular weight is 386 g/mol. The van der Waals surface area contributed by atoms with E-state index >= 15 is 0 Å². The lowest BCUT2D eigenvalue weighted by atomic mass is 10.2. The number of hydrogen-bond donors (Lipinski definition) is 1. The maximum atomic E-state index is 5.41. The van der Waals surface area contributed by atoms with Gasteiger partial charge in [-0.15, -0.1) is 0 Å². The third-order valence-electron chi connectivity index (χ3n) is 4.79. The first-order chi connectivity index (χ1) is 13.8. The highest BCUT2D eigenvalue weighted by molar-refractivity contribution is 5.80. The van der Waals surface area contributed by atoms with Crippen LogP contribution in [0.1, 0.15) is 5.76 Å². The van der Waals surface area contributed by atoms with Crippen LogP contribution in [-0.2, 0) is 11.2 Å². The molecule has 1 fully saturated rings. The Bertz CT molecular complexity index is 725. The van der Waals surface area contributed by atoms with Crippen LogP contribution in [0.25, 0.3) is 0 Å². The molecular formula is C21H30N4O3. The van der Waals surface area contributed by atoms with E-state index in [1.54, 1.807) is 20.5 Å². The highest BCUT2D eigenvalue weighted by atomic mass is 16.5. The van der Waals surface area contributed by atoms with Gasteiger partial charge in [-0.25, -0.2) is 0 Å². The van der Waals surface area contributed by atoms with Gasteiger partial charge < -0.3 is 29.0 Å². The molecule has 2 heterocycles. The number of piperazine rings is 1. The fourth-order valence-corrected chi connectivity index (χ4v) is 3.25. The number of methoxy groups -OCH3 is 2. The van der Waals surface area contributed by atoms with Gasteiger partial charge in [-0.3, -0.25) is 4.99 Å². The van der Waals surface area contributed by atoms with Gasteiger partial charge in [0.25, 0.3) is 0 Å². The minimum Gasteiger partial charge on any atom is -0.497 e. The van der Waals surface area contributed by atoms with Crippen molar-refractivity contribution in [2.75, 3.05) is 65.0 Å². The second kappa shape index (κ2) is 10.6. The third-order valence-corrected chi connectivity index (χ3v) is 4.79. The predicted octanol–water partition coefficient (Wildman–Crippen LogP) is 2.24. The summed E-state index contributed by atoms with van der Waals surface area (Å²) < 4.78 is 15.9. The Labute approximate surface area is 166 Å². The average Bonchev–Trinajstić information content (AvgIpc) is 3.26. The van der Waals surface area contributed by atoms with Crippen molar-refractivity contribution in [3.8, 4) is 5.75 Å². The standard InChI is InChI=1S/C21H30N4O3/c1-26-16-10-23-21(22-9-8-19-7-4-15-28-19)25-13-11-24(12-14-25)18-5-3-6-20(17-18)27-2/h3-7,15,17H,8-14,16H2,1-2H3,(H,22,23). The first-order valence-electron chi connectivity index (χ1n) is 9.73. The molecule has 1 aliphatic rings. The van der Waals surface area contributed by atoms with E-state index in [9.17, 15) is 0 Å². The van der Waals surface area contributed by atoms with E-state index in [2.05, 4.69) is 27.2 Å². The largest absolute Gasteiger partial charge is 0.497 e. The summed E-state index contributed by atoms with van der Waals surface area (Å²) in [5.41, 5.74) is 1.20. The molecule has 0 unspecified atom stereocenters. The molecule has 1 saturated heterocycles. The molecule has 0 amide bonds. The SMILES string of the molecule is COCCN=C(NCCc1ccco1)N1CCN(c2cccc(OC)c2)CC1. The van der Waals surface area contributed by atoms with Crippen LogP contribution in [0.3, 0.4) is 0 Å². The molecule has 3 rings (SSSR count). The van der Waals surface area contributed by atoms with E-state index in [1.165, 1.54) is 5.69 Å². The fraction of sp³-hybridized carbons (Fsp3) is 0.476. The number of furan rings is 1. The van der Waals surface area contributed by atoms with E-state index in [0.29, 0.717) is 13.2 Å². The summed E-state index contributed by atoms with van der Waals surface area (Å²) in [6.07, 6.45) is 2.54. The molecule has 0 bridgehead atoms. The zero-order valence-corrected chi connectivity index (χ0v) is 16.8. The van der Waals surface area contributed by atoms with Crippen molar-refractivity contribution in [3.05, 3.63) is 48.4 Å². The number of guanidine groups is 1. The maximum Gasteiger partial charge on any atom is 0.194 e. The Morgan fingerprint density at radius 2 is 2.00 bits per heavy atom. The van der Waals surface area contributed by atoms with Crippen LogP contribution in [0.4, 0.5) is 5.69 Å². The number of ether oxygens (including phenoxy) is 2. The van der Waals surface area contributed by atoms with E-state index in [4.69, 9.17) is 18.9 Å².